The first-order chi connectivity index (χ1) is 9.24. The summed E-state index contributed by atoms with van der Waals surface area (Å²) < 4.78 is 6.67. The Morgan fingerprint density at radius 1 is 1.00 bits per heavy atom. The number of ether oxygens (including phenoxy) is 1. The third kappa shape index (κ3) is 2.57. The van der Waals surface area contributed by atoms with E-state index < -0.39 is 0 Å². The summed E-state index contributed by atoms with van der Waals surface area (Å²) in [6.45, 7) is 0. The lowest BCUT2D eigenvalue weighted by Gasteiger charge is -2.09. The van der Waals surface area contributed by atoms with Crippen LogP contribution in [0.25, 0.3) is 10.8 Å². The van der Waals surface area contributed by atoms with E-state index in [0.717, 1.165) is 21.0 Å². The van der Waals surface area contributed by atoms with Gasteiger partial charge in [0, 0.05) is 12.3 Å². The van der Waals surface area contributed by atoms with Crippen LogP contribution >= 0.6 is 27.5 Å². The van der Waals surface area contributed by atoms with Crippen molar-refractivity contribution in [2.75, 3.05) is 0 Å². The van der Waals surface area contributed by atoms with E-state index >= 15 is 0 Å². The Morgan fingerprint density at radius 2 is 1.84 bits per heavy atom. The zero-order valence-corrected chi connectivity index (χ0v) is 12.1. The maximum atomic E-state index is 5.80. The highest BCUT2D eigenvalue weighted by Crippen LogP contribution is 2.35. The van der Waals surface area contributed by atoms with Gasteiger partial charge in [0.1, 0.15) is 5.75 Å². The molecule has 0 atom stereocenters. The fourth-order valence-corrected chi connectivity index (χ4v) is 2.51. The van der Waals surface area contributed by atoms with Gasteiger partial charge in [0.2, 0.25) is 5.88 Å². The van der Waals surface area contributed by atoms with Gasteiger partial charge in [-0.25, -0.2) is 4.98 Å². The summed E-state index contributed by atoms with van der Waals surface area (Å²) in [7, 11) is 0. The molecule has 2 nitrogen and oxygen atoms in total. The molecular weight excluding hydrogens is 326 g/mol. The van der Waals surface area contributed by atoms with Crippen molar-refractivity contribution in [3.8, 4) is 11.6 Å². The minimum Gasteiger partial charge on any atom is -0.438 e. The van der Waals surface area contributed by atoms with Crippen LogP contribution in [0.5, 0.6) is 11.6 Å². The first-order valence-electron chi connectivity index (χ1n) is 5.71. The number of benzene rings is 2. The third-order valence-corrected chi connectivity index (χ3v) is 3.78. The van der Waals surface area contributed by atoms with Crippen LogP contribution in [0.1, 0.15) is 0 Å². The van der Waals surface area contributed by atoms with Crippen LogP contribution < -0.4 is 4.74 Å². The van der Waals surface area contributed by atoms with Crippen LogP contribution in [-0.4, -0.2) is 4.98 Å². The van der Waals surface area contributed by atoms with Crippen molar-refractivity contribution >= 4 is 38.3 Å². The molecule has 1 aromatic heterocycles. The van der Waals surface area contributed by atoms with Crippen molar-refractivity contribution in [3.63, 3.8) is 0 Å². The third-order valence-electron chi connectivity index (χ3n) is 2.74. The molecule has 0 aliphatic heterocycles. The number of aromatic nitrogens is 1. The van der Waals surface area contributed by atoms with Crippen molar-refractivity contribution in [1.29, 1.82) is 0 Å². The van der Waals surface area contributed by atoms with Crippen molar-refractivity contribution in [1.82, 2.24) is 4.98 Å². The van der Waals surface area contributed by atoms with E-state index in [1.807, 2.05) is 30.3 Å². The molecule has 3 rings (SSSR count). The molecule has 0 saturated carbocycles. The van der Waals surface area contributed by atoms with Crippen molar-refractivity contribution < 1.29 is 4.74 Å². The van der Waals surface area contributed by atoms with Gasteiger partial charge in [0.25, 0.3) is 0 Å². The van der Waals surface area contributed by atoms with E-state index in [4.69, 9.17) is 16.3 Å². The van der Waals surface area contributed by atoms with Crippen molar-refractivity contribution in [3.05, 3.63) is 64.2 Å². The average Bonchev–Trinajstić information content (AvgIpc) is 2.45. The van der Waals surface area contributed by atoms with E-state index in [1.165, 1.54) is 0 Å². The SMILES string of the molecule is Clc1ccc(Oc2ccc3ccccc3c2Br)nc1. The van der Waals surface area contributed by atoms with Gasteiger partial charge >= 0.3 is 0 Å². The molecule has 0 aliphatic carbocycles. The quantitative estimate of drug-likeness (QED) is 0.622. The van der Waals surface area contributed by atoms with Crippen LogP contribution in [-0.2, 0) is 0 Å². The fraction of sp³-hybridized carbons (Fsp3) is 0. The second-order valence-corrected chi connectivity index (χ2v) is 5.24. The van der Waals surface area contributed by atoms with E-state index in [0.29, 0.717) is 10.9 Å². The molecule has 94 valence electrons. The summed E-state index contributed by atoms with van der Waals surface area (Å²) >= 11 is 9.37. The lowest BCUT2D eigenvalue weighted by atomic mass is 10.1. The van der Waals surface area contributed by atoms with E-state index in [-0.39, 0.29) is 0 Å². The highest BCUT2D eigenvalue weighted by molar-refractivity contribution is 9.10. The molecule has 0 fully saturated rings. The monoisotopic (exact) mass is 333 g/mol. The summed E-state index contributed by atoms with van der Waals surface area (Å²) in [4.78, 5) is 4.12. The number of halogens is 2. The Labute approximate surface area is 124 Å². The van der Waals surface area contributed by atoms with E-state index in [9.17, 15) is 0 Å². The first-order valence-corrected chi connectivity index (χ1v) is 6.88. The highest BCUT2D eigenvalue weighted by Gasteiger charge is 2.07. The Hall–Kier alpha value is -1.58. The number of pyridine rings is 1. The predicted molar refractivity (Wildman–Crippen MR) is 81.0 cm³/mol. The van der Waals surface area contributed by atoms with Gasteiger partial charge in [-0.1, -0.05) is 41.9 Å². The molecule has 0 N–H and O–H groups in total. The Morgan fingerprint density at radius 3 is 2.63 bits per heavy atom. The summed E-state index contributed by atoms with van der Waals surface area (Å²) in [5, 5.41) is 2.85. The summed E-state index contributed by atoms with van der Waals surface area (Å²) in [6.07, 6.45) is 1.56. The molecule has 3 aromatic rings. The molecular formula is C15H9BrClNO. The van der Waals surface area contributed by atoms with Crippen LogP contribution in [0.4, 0.5) is 0 Å². The van der Waals surface area contributed by atoms with Crippen LogP contribution in [0.2, 0.25) is 5.02 Å². The van der Waals surface area contributed by atoms with Crippen molar-refractivity contribution in [2.45, 2.75) is 0 Å². The molecule has 2 aromatic carbocycles. The minimum atomic E-state index is 0.514. The molecule has 0 unspecified atom stereocenters. The first kappa shape index (κ1) is 12.5. The van der Waals surface area contributed by atoms with E-state index in [1.54, 1.807) is 18.3 Å². The molecule has 0 bridgehead atoms. The van der Waals surface area contributed by atoms with Gasteiger partial charge < -0.3 is 4.74 Å². The molecule has 0 saturated heterocycles. The number of nitrogens with zero attached hydrogens (tertiary/aromatic N) is 1. The normalized spacial score (nSPS) is 10.6. The Bertz CT molecular complexity index is 728. The van der Waals surface area contributed by atoms with Gasteiger partial charge in [-0.3, -0.25) is 0 Å². The second kappa shape index (κ2) is 5.19. The van der Waals surface area contributed by atoms with Crippen LogP contribution in [0.3, 0.4) is 0 Å². The second-order valence-electron chi connectivity index (χ2n) is 4.02. The Balaban J connectivity index is 2.01. The van der Waals surface area contributed by atoms with Gasteiger partial charge in [-0.05, 0) is 38.8 Å². The number of hydrogen-bond donors (Lipinski definition) is 0. The topological polar surface area (TPSA) is 22.1 Å². The van der Waals surface area contributed by atoms with Gasteiger partial charge in [-0.15, -0.1) is 0 Å². The van der Waals surface area contributed by atoms with Crippen molar-refractivity contribution in [2.24, 2.45) is 0 Å². The number of fused-ring (bicyclic) bond motifs is 1. The molecule has 19 heavy (non-hydrogen) atoms. The zero-order chi connectivity index (χ0) is 13.2. The predicted octanol–water partition coefficient (Wildman–Crippen LogP) is 5.44. The molecule has 0 aliphatic rings. The summed E-state index contributed by atoms with van der Waals surface area (Å²) in [6, 6.07) is 15.5. The molecule has 0 radical (unpaired) electrons. The van der Waals surface area contributed by atoms with Gasteiger partial charge in [-0.2, -0.15) is 0 Å². The minimum absolute atomic E-state index is 0.514. The molecule has 4 heteroatoms. The van der Waals surface area contributed by atoms with Crippen LogP contribution in [0.15, 0.2) is 59.2 Å². The summed E-state index contributed by atoms with van der Waals surface area (Å²) in [5.74, 6) is 1.24. The number of hydrogen-bond acceptors (Lipinski definition) is 2. The lowest BCUT2D eigenvalue weighted by molar-refractivity contribution is 0.461. The summed E-state index contributed by atoms with van der Waals surface area (Å²) in [5.41, 5.74) is 0. The largest absolute Gasteiger partial charge is 0.438 e. The lowest BCUT2D eigenvalue weighted by Crippen LogP contribution is -1.89. The standard InChI is InChI=1S/C15H9BrClNO/c16-15-12-4-2-1-3-10(12)5-7-13(15)19-14-8-6-11(17)9-18-14/h1-9H. The molecule has 0 spiro atoms. The van der Waals surface area contributed by atoms with Gasteiger partial charge in [0.05, 0.1) is 9.50 Å². The van der Waals surface area contributed by atoms with E-state index in [2.05, 4.69) is 27.0 Å². The fourth-order valence-electron chi connectivity index (χ4n) is 1.83. The average molecular weight is 335 g/mol. The molecule has 0 amide bonds. The highest BCUT2D eigenvalue weighted by atomic mass is 79.9. The zero-order valence-electron chi connectivity index (χ0n) is 9.81. The maximum absolute atomic E-state index is 5.80. The number of rotatable bonds is 2. The van der Waals surface area contributed by atoms with Gasteiger partial charge in [0.15, 0.2) is 0 Å². The maximum Gasteiger partial charge on any atom is 0.219 e. The smallest absolute Gasteiger partial charge is 0.219 e. The van der Waals surface area contributed by atoms with Crippen LogP contribution in [0, 0.1) is 0 Å². The molecule has 1 heterocycles. The Kier molecular flexibility index (Phi) is 3.40.